The molecule has 1 aromatic heterocycles. The van der Waals surface area contributed by atoms with E-state index in [1.54, 1.807) is 11.8 Å². The molecule has 1 aliphatic rings. The van der Waals surface area contributed by atoms with Crippen molar-refractivity contribution in [3.8, 4) is 11.5 Å². The van der Waals surface area contributed by atoms with E-state index in [1.165, 1.54) is 11.3 Å². The van der Waals surface area contributed by atoms with Crippen molar-refractivity contribution >= 4 is 28.1 Å². The average molecular weight is 395 g/mol. The number of carbonyl (C=O) groups is 1. The third-order valence-electron chi connectivity index (χ3n) is 4.38. The van der Waals surface area contributed by atoms with Gasteiger partial charge in [0.25, 0.3) is 0 Å². The van der Waals surface area contributed by atoms with Crippen LogP contribution in [0.15, 0.2) is 53.9 Å². The first kappa shape index (κ1) is 18.5. The van der Waals surface area contributed by atoms with Crippen LogP contribution in [0.5, 0.6) is 11.5 Å². The first-order valence-electron chi connectivity index (χ1n) is 8.97. The highest BCUT2D eigenvalue weighted by atomic mass is 32.1. The first-order chi connectivity index (χ1) is 13.6. The lowest BCUT2D eigenvalue weighted by Gasteiger charge is -2.18. The van der Waals surface area contributed by atoms with Gasteiger partial charge in [-0.2, -0.15) is 0 Å². The summed E-state index contributed by atoms with van der Waals surface area (Å²) < 4.78 is 10.8. The van der Waals surface area contributed by atoms with E-state index in [4.69, 9.17) is 9.47 Å². The summed E-state index contributed by atoms with van der Waals surface area (Å²) in [6, 6.07) is 15.6. The third-order valence-corrected chi connectivity index (χ3v) is 5.26. The Morgan fingerprint density at radius 1 is 1.11 bits per heavy atom. The molecule has 2 heterocycles. The number of thiazole rings is 1. The van der Waals surface area contributed by atoms with Gasteiger partial charge in [0.05, 0.1) is 11.4 Å². The molecule has 4 rings (SSSR count). The van der Waals surface area contributed by atoms with E-state index >= 15 is 0 Å². The zero-order valence-corrected chi connectivity index (χ0v) is 16.6. The highest BCUT2D eigenvalue weighted by molar-refractivity contribution is 7.14. The highest BCUT2D eigenvalue weighted by Gasteiger charge is 2.18. The minimum atomic E-state index is -0.0548. The van der Waals surface area contributed by atoms with E-state index < -0.39 is 0 Å². The van der Waals surface area contributed by atoms with E-state index in [2.05, 4.69) is 9.88 Å². The van der Waals surface area contributed by atoms with Gasteiger partial charge in [-0.25, -0.2) is 4.98 Å². The summed E-state index contributed by atoms with van der Waals surface area (Å²) in [7, 11) is 2.05. The summed E-state index contributed by atoms with van der Waals surface area (Å²) in [6.07, 6.45) is 0. The lowest BCUT2D eigenvalue weighted by molar-refractivity contribution is -0.115. The van der Waals surface area contributed by atoms with E-state index in [1.807, 2.05) is 61.0 Å². The van der Waals surface area contributed by atoms with Crippen molar-refractivity contribution < 1.29 is 14.3 Å². The van der Waals surface area contributed by atoms with Crippen LogP contribution in [0.4, 0.5) is 10.8 Å². The van der Waals surface area contributed by atoms with Crippen LogP contribution in [0.1, 0.15) is 18.2 Å². The maximum absolute atomic E-state index is 12.2. The Hall–Kier alpha value is -2.90. The van der Waals surface area contributed by atoms with Gasteiger partial charge >= 0.3 is 0 Å². The van der Waals surface area contributed by atoms with Crippen molar-refractivity contribution in [1.29, 1.82) is 0 Å². The van der Waals surface area contributed by atoms with Gasteiger partial charge in [0.2, 0.25) is 12.7 Å². The summed E-state index contributed by atoms with van der Waals surface area (Å²) >= 11 is 1.48. The van der Waals surface area contributed by atoms with Crippen LogP contribution in [-0.4, -0.2) is 29.6 Å². The van der Waals surface area contributed by atoms with Crippen molar-refractivity contribution in [1.82, 2.24) is 9.88 Å². The van der Waals surface area contributed by atoms with Crippen molar-refractivity contribution in [2.45, 2.75) is 20.0 Å². The number of anilines is 2. The average Bonchev–Trinajstić information content (AvgIpc) is 3.31. The number of amides is 1. The van der Waals surface area contributed by atoms with Crippen LogP contribution < -0.4 is 14.4 Å². The van der Waals surface area contributed by atoms with Gasteiger partial charge in [0, 0.05) is 25.4 Å². The van der Waals surface area contributed by atoms with Crippen molar-refractivity contribution in [3.05, 3.63) is 65.2 Å². The summed E-state index contributed by atoms with van der Waals surface area (Å²) in [5.41, 5.74) is 2.91. The van der Waals surface area contributed by atoms with Crippen molar-refractivity contribution in [2.75, 3.05) is 18.7 Å². The predicted octanol–water partition coefficient (Wildman–Crippen LogP) is 4.19. The van der Waals surface area contributed by atoms with Gasteiger partial charge in [-0.3, -0.25) is 14.6 Å². The number of para-hydroxylation sites is 1. The second kappa shape index (κ2) is 8.00. The van der Waals surface area contributed by atoms with Crippen LogP contribution in [-0.2, 0) is 17.9 Å². The molecule has 0 atom stereocenters. The Kier molecular flexibility index (Phi) is 5.27. The topological polar surface area (TPSA) is 54.9 Å². The fourth-order valence-corrected chi connectivity index (χ4v) is 4.04. The van der Waals surface area contributed by atoms with Gasteiger partial charge in [-0.15, -0.1) is 11.3 Å². The molecular formula is C21H21N3O3S. The van der Waals surface area contributed by atoms with Gasteiger partial charge in [-0.05, 0) is 36.9 Å². The van der Waals surface area contributed by atoms with Crippen LogP contribution in [0.2, 0.25) is 0 Å². The van der Waals surface area contributed by atoms with E-state index in [9.17, 15) is 4.79 Å². The number of nitrogens with zero attached hydrogens (tertiary/aromatic N) is 3. The van der Waals surface area contributed by atoms with Gasteiger partial charge in [-0.1, -0.05) is 24.3 Å². The number of rotatable bonds is 6. The van der Waals surface area contributed by atoms with E-state index in [0.29, 0.717) is 11.7 Å². The molecule has 7 heteroatoms. The molecule has 144 valence electrons. The van der Waals surface area contributed by atoms with Gasteiger partial charge in [0.1, 0.15) is 0 Å². The molecule has 2 aromatic carbocycles. The lowest BCUT2D eigenvalue weighted by atomic mass is 10.2. The smallest absolute Gasteiger partial charge is 0.231 e. The molecule has 0 fully saturated rings. The van der Waals surface area contributed by atoms with Gasteiger partial charge < -0.3 is 9.47 Å². The molecule has 0 radical (unpaired) electrons. The van der Waals surface area contributed by atoms with Crippen LogP contribution >= 0.6 is 11.3 Å². The summed E-state index contributed by atoms with van der Waals surface area (Å²) in [5.74, 6) is 1.53. The van der Waals surface area contributed by atoms with Crippen LogP contribution in [0.25, 0.3) is 0 Å². The number of ether oxygens (including phenoxy) is 2. The zero-order chi connectivity index (χ0) is 19.5. The Balaban J connectivity index is 1.44. The fraction of sp³-hybridized carbons (Fsp3) is 0.238. The molecule has 6 nitrogen and oxygen atoms in total. The molecule has 28 heavy (non-hydrogen) atoms. The minimum absolute atomic E-state index is 0.0548. The Morgan fingerprint density at radius 3 is 2.68 bits per heavy atom. The summed E-state index contributed by atoms with van der Waals surface area (Å²) in [5, 5.41) is 2.69. The second-order valence-electron chi connectivity index (χ2n) is 6.67. The largest absolute Gasteiger partial charge is 0.454 e. The molecule has 3 aromatic rings. The molecule has 0 saturated heterocycles. The quantitative estimate of drug-likeness (QED) is 0.626. The Morgan fingerprint density at radius 2 is 1.89 bits per heavy atom. The number of hydrogen-bond acceptors (Lipinski definition) is 6. The second-order valence-corrected chi connectivity index (χ2v) is 7.51. The van der Waals surface area contributed by atoms with Crippen molar-refractivity contribution in [3.63, 3.8) is 0 Å². The molecular weight excluding hydrogens is 374 g/mol. The first-order valence-corrected chi connectivity index (χ1v) is 9.85. The molecule has 1 amide bonds. The van der Waals surface area contributed by atoms with Gasteiger partial charge in [0.15, 0.2) is 16.6 Å². The van der Waals surface area contributed by atoms with Crippen LogP contribution in [0, 0.1) is 0 Å². The number of fused-ring (bicyclic) bond motifs is 1. The van der Waals surface area contributed by atoms with E-state index in [-0.39, 0.29) is 12.7 Å². The summed E-state index contributed by atoms with van der Waals surface area (Å²) in [4.78, 5) is 20.7. The number of benzene rings is 2. The summed E-state index contributed by atoms with van der Waals surface area (Å²) in [6.45, 7) is 3.29. The highest BCUT2D eigenvalue weighted by Crippen LogP contribution is 2.33. The molecule has 0 N–H and O–H groups in total. The molecule has 0 saturated carbocycles. The lowest BCUT2D eigenvalue weighted by Crippen LogP contribution is -2.23. The van der Waals surface area contributed by atoms with Crippen LogP contribution in [0.3, 0.4) is 0 Å². The fourth-order valence-electron chi connectivity index (χ4n) is 3.16. The number of aromatic nitrogens is 1. The standard InChI is InChI=1S/C21H21N3O3S/c1-15(25)24(18-6-4-3-5-7-18)21-22-17(13-28-21)12-23(2)11-16-8-9-19-20(10-16)27-14-26-19/h3-10,13H,11-12,14H2,1-2H3. The third kappa shape index (κ3) is 4.00. The Labute approximate surface area is 167 Å². The molecule has 1 aliphatic heterocycles. The zero-order valence-electron chi connectivity index (χ0n) is 15.8. The monoisotopic (exact) mass is 395 g/mol. The minimum Gasteiger partial charge on any atom is -0.454 e. The molecule has 0 aliphatic carbocycles. The Bertz CT molecular complexity index is 974. The normalized spacial score (nSPS) is 12.4. The molecule has 0 bridgehead atoms. The number of hydrogen-bond donors (Lipinski definition) is 0. The molecule has 0 unspecified atom stereocenters. The SMILES string of the molecule is CC(=O)N(c1ccccc1)c1nc(CN(C)Cc2ccc3c(c2)OCO3)cs1. The van der Waals surface area contributed by atoms with Crippen molar-refractivity contribution in [2.24, 2.45) is 0 Å². The van der Waals surface area contributed by atoms with E-state index in [0.717, 1.165) is 35.0 Å². The molecule has 0 spiro atoms. The predicted molar refractivity (Wildman–Crippen MR) is 109 cm³/mol. The maximum Gasteiger partial charge on any atom is 0.231 e. The number of carbonyl (C=O) groups excluding carboxylic acids is 1. The maximum atomic E-state index is 12.2.